The molecule has 3 rings (SSSR count). The van der Waals surface area contributed by atoms with Gasteiger partial charge in [-0.15, -0.1) is 0 Å². The van der Waals surface area contributed by atoms with E-state index in [0.29, 0.717) is 29.1 Å². The van der Waals surface area contributed by atoms with Gasteiger partial charge in [0.15, 0.2) is 0 Å². The monoisotopic (exact) mass is 336 g/mol. The van der Waals surface area contributed by atoms with Gasteiger partial charge in [0.1, 0.15) is 6.10 Å². The summed E-state index contributed by atoms with van der Waals surface area (Å²) in [6.07, 6.45) is 8.99. The first-order valence-corrected chi connectivity index (χ1v) is 10.2. The average molecular weight is 337 g/mol. The van der Waals surface area contributed by atoms with Crippen LogP contribution in [0.5, 0.6) is 0 Å². The van der Waals surface area contributed by atoms with E-state index in [1.807, 2.05) is 0 Å². The van der Waals surface area contributed by atoms with Crippen LogP contribution in [0.4, 0.5) is 0 Å². The van der Waals surface area contributed by atoms with E-state index in [0.717, 1.165) is 38.0 Å². The summed E-state index contributed by atoms with van der Waals surface area (Å²) >= 11 is 0. The lowest BCUT2D eigenvalue weighted by atomic mass is 9.48. The molecule has 24 heavy (non-hydrogen) atoms. The number of hydrogen-bond acceptors (Lipinski definition) is 3. The topological polar surface area (TPSA) is 46.5 Å². The average Bonchev–Trinajstić information content (AvgIpc) is 2.92. The van der Waals surface area contributed by atoms with Crippen molar-refractivity contribution >= 4 is 5.97 Å². The lowest BCUT2D eigenvalue weighted by Gasteiger charge is -2.58. The molecular weight excluding hydrogens is 300 g/mol. The van der Waals surface area contributed by atoms with E-state index in [1.165, 1.54) is 26.2 Å². The fourth-order valence-corrected chi connectivity index (χ4v) is 6.80. The second kappa shape index (κ2) is 6.97. The Bertz CT molecular complexity index is 462. The molecule has 0 bridgehead atoms. The number of esters is 1. The first kappa shape index (κ1) is 18.2. The Morgan fingerprint density at radius 2 is 2.00 bits per heavy atom. The summed E-state index contributed by atoms with van der Waals surface area (Å²) in [7, 11) is 0. The first-order chi connectivity index (χ1) is 11.4. The molecule has 3 aliphatic carbocycles. The molecule has 0 amide bonds. The highest BCUT2D eigenvalue weighted by atomic mass is 16.5. The van der Waals surface area contributed by atoms with Crippen LogP contribution in [0.25, 0.3) is 0 Å². The van der Waals surface area contributed by atoms with Crippen LogP contribution in [0, 0.1) is 35.0 Å². The van der Waals surface area contributed by atoms with Crippen molar-refractivity contribution in [1.82, 2.24) is 0 Å². The minimum Gasteiger partial charge on any atom is -0.463 e. The Morgan fingerprint density at radius 3 is 2.58 bits per heavy atom. The summed E-state index contributed by atoms with van der Waals surface area (Å²) < 4.78 is 5.51. The molecule has 3 fully saturated rings. The number of aliphatic hydroxyl groups excluding tert-OH is 1. The molecular formula is C21H36O3. The fourth-order valence-electron chi connectivity index (χ4n) is 6.80. The van der Waals surface area contributed by atoms with E-state index in [4.69, 9.17) is 4.74 Å². The predicted octanol–water partition coefficient (Wildman–Crippen LogP) is 4.57. The highest BCUT2D eigenvalue weighted by Crippen LogP contribution is 2.60. The van der Waals surface area contributed by atoms with Crippen molar-refractivity contribution in [2.45, 2.75) is 91.3 Å². The molecule has 0 heterocycles. The number of rotatable bonds is 3. The molecule has 8 atom stereocenters. The molecule has 8 unspecified atom stereocenters. The van der Waals surface area contributed by atoms with Crippen molar-refractivity contribution in [3.05, 3.63) is 0 Å². The minimum absolute atomic E-state index is 0.0623. The maximum absolute atomic E-state index is 11.3. The molecule has 0 saturated heterocycles. The van der Waals surface area contributed by atoms with Gasteiger partial charge in [0, 0.05) is 6.92 Å². The number of fused-ring (bicyclic) bond motifs is 1. The van der Waals surface area contributed by atoms with E-state index in [9.17, 15) is 9.90 Å². The van der Waals surface area contributed by atoms with Crippen LogP contribution in [0.1, 0.15) is 79.1 Å². The normalized spacial score (nSPS) is 48.8. The van der Waals surface area contributed by atoms with Crippen LogP contribution in [-0.2, 0) is 9.53 Å². The number of carbonyl (C=O) groups excluding carboxylic acids is 1. The maximum Gasteiger partial charge on any atom is 0.302 e. The van der Waals surface area contributed by atoms with Crippen LogP contribution < -0.4 is 0 Å². The van der Waals surface area contributed by atoms with Gasteiger partial charge in [-0.2, -0.15) is 0 Å². The van der Waals surface area contributed by atoms with Gasteiger partial charge in [-0.25, -0.2) is 0 Å². The van der Waals surface area contributed by atoms with Gasteiger partial charge in [-0.05, 0) is 67.1 Å². The molecule has 3 nitrogen and oxygen atoms in total. The predicted molar refractivity (Wildman–Crippen MR) is 95.4 cm³/mol. The van der Waals surface area contributed by atoms with E-state index < -0.39 is 0 Å². The summed E-state index contributed by atoms with van der Waals surface area (Å²) in [4.78, 5) is 11.3. The number of hydrogen-bond donors (Lipinski definition) is 1. The van der Waals surface area contributed by atoms with Gasteiger partial charge < -0.3 is 9.84 Å². The standard InChI is InChI=1S/C21H36O3/c1-5-18-20(17-8-6-7-13(17)2)19(23)12-15-11-16(24-14(3)22)9-10-21(15,18)4/h13,15-20,23H,5-12H2,1-4H3. The van der Waals surface area contributed by atoms with Crippen LogP contribution in [0.3, 0.4) is 0 Å². The van der Waals surface area contributed by atoms with Crippen LogP contribution in [0.2, 0.25) is 0 Å². The Kier molecular flexibility index (Phi) is 5.30. The quantitative estimate of drug-likeness (QED) is 0.768. The number of carbonyl (C=O) groups is 1. The first-order valence-electron chi connectivity index (χ1n) is 10.2. The van der Waals surface area contributed by atoms with Crippen LogP contribution >= 0.6 is 0 Å². The molecule has 3 aliphatic rings. The zero-order chi connectivity index (χ0) is 17.5. The van der Waals surface area contributed by atoms with Gasteiger partial charge in [-0.1, -0.05) is 40.0 Å². The molecule has 0 radical (unpaired) electrons. The summed E-state index contributed by atoms with van der Waals surface area (Å²) in [5.74, 6) is 2.87. The van der Waals surface area contributed by atoms with E-state index in [1.54, 1.807) is 0 Å². The minimum atomic E-state index is -0.172. The third-order valence-electron chi connectivity index (χ3n) is 7.96. The highest BCUT2D eigenvalue weighted by molar-refractivity contribution is 5.66. The van der Waals surface area contributed by atoms with Gasteiger partial charge in [-0.3, -0.25) is 4.79 Å². The Balaban J connectivity index is 1.80. The van der Waals surface area contributed by atoms with Crippen molar-refractivity contribution < 1.29 is 14.6 Å². The van der Waals surface area contributed by atoms with E-state index in [2.05, 4.69) is 20.8 Å². The molecule has 3 heteroatoms. The third kappa shape index (κ3) is 3.13. The Hall–Kier alpha value is -0.570. The fraction of sp³-hybridized carbons (Fsp3) is 0.952. The molecule has 0 spiro atoms. The molecule has 0 aliphatic heterocycles. The largest absolute Gasteiger partial charge is 0.463 e. The zero-order valence-electron chi connectivity index (χ0n) is 16.0. The SMILES string of the molecule is CCC1C(C2CCCC2C)C(O)CC2CC(OC(C)=O)CCC21C. The van der Waals surface area contributed by atoms with Gasteiger partial charge in [0.05, 0.1) is 6.10 Å². The maximum atomic E-state index is 11.3. The second-order valence-corrected chi connectivity index (χ2v) is 9.18. The van der Waals surface area contributed by atoms with Crippen molar-refractivity contribution in [1.29, 1.82) is 0 Å². The zero-order valence-corrected chi connectivity index (χ0v) is 16.0. The number of ether oxygens (including phenoxy) is 1. The van der Waals surface area contributed by atoms with Crippen molar-refractivity contribution in [2.75, 3.05) is 0 Å². The molecule has 3 saturated carbocycles. The second-order valence-electron chi connectivity index (χ2n) is 9.18. The third-order valence-corrected chi connectivity index (χ3v) is 7.96. The van der Waals surface area contributed by atoms with Crippen molar-refractivity contribution in [3.63, 3.8) is 0 Å². The Labute approximate surface area is 147 Å². The lowest BCUT2D eigenvalue weighted by molar-refractivity contribution is -0.164. The van der Waals surface area contributed by atoms with Gasteiger partial charge in [0.2, 0.25) is 0 Å². The Morgan fingerprint density at radius 1 is 1.25 bits per heavy atom. The smallest absolute Gasteiger partial charge is 0.302 e. The lowest BCUT2D eigenvalue weighted by Crippen LogP contribution is -2.55. The van der Waals surface area contributed by atoms with Crippen molar-refractivity contribution in [3.8, 4) is 0 Å². The summed E-state index contributed by atoms with van der Waals surface area (Å²) in [6.45, 7) is 8.68. The van der Waals surface area contributed by atoms with Crippen LogP contribution in [0.15, 0.2) is 0 Å². The van der Waals surface area contributed by atoms with Crippen molar-refractivity contribution in [2.24, 2.45) is 35.0 Å². The van der Waals surface area contributed by atoms with Gasteiger partial charge in [0.25, 0.3) is 0 Å². The van der Waals surface area contributed by atoms with E-state index in [-0.39, 0.29) is 18.2 Å². The molecule has 0 aromatic heterocycles. The highest BCUT2D eigenvalue weighted by Gasteiger charge is 2.55. The van der Waals surface area contributed by atoms with E-state index >= 15 is 0 Å². The number of aliphatic hydroxyl groups is 1. The summed E-state index contributed by atoms with van der Waals surface area (Å²) in [5, 5.41) is 11.1. The van der Waals surface area contributed by atoms with Gasteiger partial charge >= 0.3 is 5.97 Å². The molecule has 0 aromatic carbocycles. The molecule has 1 N–H and O–H groups in total. The van der Waals surface area contributed by atoms with Crippen LogP contribution in [-0.4, -0.2) is 23.3 Å². The molecule has 138 valence electrons. The summed E-state index contributed by atoms with van der Waals surface area (Å²) in [6, 6.07) is 0. The molecule has 0 aromatic rings. The summed E-state index contributed by atoms with van der Waals surface area (Å²) in [5.41, 5.74) is 0.303.